The molecule has 0 spiro atoms. The van der Waals surface area contributed by atoms with E-state index in [0.717, 1.165) is 23.7 Å². The zero-order chi connectivity index (χ0) is 16.8. The lowest BCUT2D eigenvalue weighted by Crippen LogP contribution is -2.21. The molecule has 0 saturated carbocycles. The molecule has 2 rings (SSSR count). The number of aryl methyl sites for hydroxylation is 1. The van der Waals surface area contributed by atoms with Crippen molar-refractivity contribution in [1.29, 1.82) is 0 Å². The lowest BCUT2D eigenvalue weighted by molar-refractivity contribution is -0.118. The Hall–Kier alpha value is -2.69. The zero-order valence-electron chi connectivity index (χ0n) is 13.1. The van der Waals surface area contributed by atoms with Crippen molar-refractivity contribution in [3.63, 3.8) is 0 Å². The van der Waals surface area contributed by atoms with Crippen LogP contribution in [0.1, 0.15) is 29.8 Å². The van der Waals surface area contributed by atoms with E-state index in [1.807, 2.05) is 31.2 Å². The topological polar surface area (TPSA) is 55.4 Å². The number of nitrogens with one attached hydrogen (secondary N) is 1. The summed E-state index contributed by atoms with van der Waals surface area (Å²) in [5, 5.41) is 2.77. The molecule has 0 aromatic heterocycles. The Morgan fingerprint density at radius 1 is 1.17 bits per heavy atom. The SMILES string of the molecule is CCc1ccccc1NC(=O)COc1ccc(F)cc1C(C)=O. The Morgan fingerprint density at radius 2 is 1.91 bits per heavy atom. The molecule has 0 aliphatic heterocycles. The maximum absolute atomic E-state index is 13.2. The first-order chi connectivity index (χ1) is 11.0. The number of carbonyl (C=O) groups is 2. The number of amides is 1. The predicted molar refractivity (Wildman–Crippen MR) is 86.3 cm³/mol. The highest BCUT2D eigenvalue weighted by atomic mass is 19.1. The number of ether oxygens (including phenoxy) is 1. The fourth-order valence-electron chi connectivity index (χ4n) is 2.18. The minimum atomic E-state index is -0.524. The first-order valence-electron chi connectivity index (χ1n) is 7.32. The summed E-state index contributed by atoms with van der Waals surface area (Å²) in [6.45, 7) is 3.06. The summed E-state index contributed by atoms with van der Waals surface area (Å²) < 4.78 is 18.6. The lowest BCUT2D eigenvalue weighted by atomic mass is 10.1. The number of hydrogen-bond acceptors (Lipinski definition) is 3. The standard InChI is InChI=1S/C18H18FNO3/c1-3-13-6-4-5-7-16(13)20-18(22)11-23-17-9-8-14(19)10-15(17)12(2)21/h4-10H,3,11H2,1-2H3,(H,20,22). The van der Waals surface area contributed by atoms with Crippen LogP contribution in [0.15, 0.2) is 42.5 Å². The van der Waals surface area contributed by atoms with Crippen molar-refractivity contribution in [2.75, 3.05) is 11.9 Å². The van der Waals surface area contributed by atoms with Crippen LogP contribution in [-0.2, 0) is 11.2 Å². The van der Waals surface area contributed by atoms with E-state index in [1.165, 1.54) is 19.1 Å². The van der Waals surface area contributed by atoms with Gasteiger partial charge in [-0.05, 0) is 43.2 Å². The molecule has 0 bridgehead atoms. The average molecular weight is 315 g/mol. The summed E-state index contributed by atoms with van der Waals surface area (Å²) >= 11 is 0. The van der Waals surface area contributed by atoms with Crippen molar-refractivity contribution in [2.24, 2.45) is 0 Å². The molecule has 0 aliphatic rings. The first kappa shape index (κ1) is 16.7. The molecular formula is C18H18FNO3. The second kappa shape index (κ2) is 7.54. The van der Waals surface area contributed by atoms with Crippen molar-refractivity contribution in [3.8, 4) is 5.75 Å². The quantitative estimate of drug-likeness (QED) is 0.829. The van der Waals surface area contributed by atoms with E-state index in [1.54, 1.807) is 0 Å². The molecule has 0 unspecified atom stereocenters. The van der Waals surface area contributed by atoms with Crippen molar-refractivity contribution in [3.05, 3.63) is 59.4 Å². The largest absolute Gasteiger partial charge is 0.483 e. The number of Topliss-reactive ketones (excluding diaryl/α,β-unsaturated/α-hetero) is 1. The van der Waals surface area contributed by atoms with E-state index in [4.69, 9.17) is 4.74 Å². The van der Waals surface area contributed by atoms with Crippen molar-refractivity contribution >= 4 is 17.4 Å². The minimum absolute atomic E-state index is 0.117. The molecule has 4 nitrogen and oxygen atoms in total. The number of para-hydroxylation sites is 1. The Labute approximate surface area is 134 Å². The van der Waals surface area contributed by atoms with Gasteiger partial charge in [-0.2, -0.15) is 0 Å². The van der Waals surface area contributed by atoms with Crippen LogP contribution in [0.4, 0.5) is 10.1 Å². The molecule has 0 atom stereocenters. The van der Waals surface area contributed by atoms with Gasteiger partial charge in [0.15, 0.2) is 12.4 Å². The summed E-state index contributed by atoms with van der Waals surface area (Å²) in [5.41, 5.74) is 1.87. The molecule has 0 aliphatic carbocycles. The molecule has 0 radical (unpaired) electrons. The second-order valence-corrected chi connectivity index (χ2v) is 5.04. The van der Waals surface area contributed by atoms with Gasteiger partial charge in [-0.3, -0.25) is 9.59 Å². The molecule has 2 aromatic carbocycles. The summed E-state index contributed by atoms with van der Waals surface area (Å²) in [6.07, 6.45) is 0.795. The van der Waals surface area contributed by atoms with Crippen LogP contribution in [0, 0.1) is 5.82 Å². The van der Waals surface area contributed by atoms with Crippen LogP contribution in [0.5, 0.6) is 5.75 Å². The van der Waals surface area contributed by atoms with Gasteiger partial charge in [0, 0.05) is 5.69 Å². The zero-order valence-corrected chi connectivity index (χ0v) is 13.1. The fraction of sp³-hybridized carbons (Fsp3) is 0.222. The van der Waals surface area contributed by atoms with Gasteiger partial charge in [0.2, 0.25) is 0 Å². The van der Waals surface area contributed by atoms with E-state index in [0.29, 0.717) is 0 Å². The van der Waals surface area contributed by atoms with Gasteiger partial charge in [0.25, 0.3) is 5.91 Å². The predicted octanol–water partition coefficient (Wildman–Crippen LogP) is 3.61. The van der Waals surface area contributed by atoms with Gasteiger partial charge in [-0.25, -0.2) is 4.39 Å². The monoisotopic (exact) mass is 315 g/mol. The average Bonchev–Trinajstić information content (AvgIpc) is 2.54. The summed E-state index contributed by atoms with van der Waals surface area (Å²) in [4.78, 5) is 23.5. The number of hydrogen-bond donors (Lipinski definition) is 1. The minimum Gasteiger partial charge on any atom is -0.483 e. The normalized spacial score (nSPS) is 10.2. The van der Waals surface area contributed by atoms with Crippen LogP contribution in [0.25, 0.3) is 0 Å². The van der Waals surface area contributed by atoms with Gasteiger partial charge in [-0.1, -0.05) is 25.1 Å². The summed E-state index contributed by atoms with van der Waals surface area (Å²) in [5.74, 6) is -0.998. The third-order valence-electron chi connectivity index (χ3n) is 3.35. The Morgan fingerprint density at radius 3 is 2.61 bits per heavy atom. The molecule has 0 heterocycles. The Bertz CT molecular complexity index is 728. The van der Waals surface area contributed by atoms with Crippen LogP contribution < -0.4 is 10.1 Å². The van der Waals surface area contributed by atoms with E-state index < -0.39 is 5.82 Å². The fourth-order valence-corrected chi connectivity index (χ4v) is 2.18. The van der Waals surface area contributed by atoms with Gasteiger partial charge < -0.3 is 10.1 Å². The molecule has 23 heavy (non-hydrogen) atoms. The highest BCUT2D eigenvalue weighted by Crippen LogP contribution is 2.20. The molecule has 0 saturated heterocycles. The number of halogens is 1. The van der Waals surface area contributed by atoms with Gasteiger partial charge in [0.1, 0.15) is 11.6 Å². The smallest absolute Gasteiger partial charge is 0.262 e. The highest BCUT2D eigenvalue weighted by molar-refractivity contribution is 5.97. The maximum atomic E-state index is 13.2. The van der Waals surface area contributed by atoms with Crippen molar-refractivity contribution < 1.29 is 18.7 Å². The van der Waals surface area contributed by atoms with E-state index in [-0.39, 0.29) is 29.6 Å². The summed E-state index contributed by atoms with van der Waals surface area (Å²) in [6, 6.07) is 11.1. The number of benzene rings is 2. The number of anilines is 1. The number of ketones is 1. The first-order valence-corrected chi connectivity index (χ1v) is 7.32. The van der Waals surface area contributed by atoms with E-state index in [2.05, 4.69) is 5.32 Å². The molecular weight excluding hydrogens is 297 g/mol. The van der Waals surface area contributed by atoms with Crippen molar-refractivity contribution in [1.82, 2.24) is 0 Å². The van der Waals surface area contributed by atoms with Gasteiger partial charge >= 0.3 is 0 Å². The molecule has 1 N–H and O–H groups in total. The summed E-state index contributed by atoms with van der Waals surface area (Å²) in [7, 11) is 0. The van der Waals surface area contributed by atoms with E-state index in [9.17, 15) is 14.0 Å². The van der Waals surface area contributed by atoms with Gasteiger partial charge in [0.05, 0.1) is 5.56 Å². The molecule has 0 fully saturated rings. The van der Waals surface area contributed by atoms with Crippen LogP contribution in [0.3, 0.4) is 0 Å². The lowest BCUT2D eigenvalue weighted by Gasteiger charge is -2.12. The second-order valence-electron chi connectivity index (χ2n) is 5.04. The molecule has 5 heteroatoms. The number of rotatable bonds is 6. The molecule has 2 aromatic rings. The highest BCUT2D eigenvalue weighted by Gasteiger charge is 2.12. The van der Waals surface area contributed by atoms with Crippen LogP contribution in [-0.4, -0.2) is 18.3 Å². The Kier molecular flexibility index (Phi) is 5.46. The van der Waals surface area contributed by atoms with Crippen molar-refractivity contribution in [2.45, 2.75) is 20.3 Å². The third-order valence-corrected chi connectivity index (χ3v) is 3.35. The van der Waals surface area contributed by atoms with Crippen LogP contribution >= 0.6 is 0 Å². The third kappa shape index (κ3) is 4.39. The van der Waals surface area contributed by atoms with E-state index >= 15 is 0 Å². The number of carbonyl (C=O) groups excluding carboxylic acids is 2. The Balaban J connectivity index is 2.04. The van der Waals surface area contributed by atoms with Crippen LogP contribution in [0.2, 0.25) is 0 Å². The molecule has 1 amide bonds. The molecule has 120 valence electrons. The maximum Gasteiger partial charge on any atom is 0.262 e. The van der Waals surface area contributed by atoms with Gasteiger partial charge in [-0.15, -0.1) is 0 Å².